The molecule has 4 nitrogen and oxygen atoms in total. The second-order valence-corrected chi connectivity index (χ2v) is 12.0. The highest BCUT2D eigenvalue weighted by atomic mass is 19.3. The zero-order valence-electron chi connectivity index (χ0n) is 25.4. The first-order chi connectivity index (χ1) is 22.0. The Kier molecular flexibility index (Phi) is 11.1. The van der Waals surface area contributed by atoms with Gasteiger partial charge in [0.2, 0.25) is 0 Å². The summed E-state index contributed by atoms with van der Waals surface area (Å²) in [5, 5.41) is 0. The van der Waals surface area contributed by atoms with Crippen molar-refractivity contribution in [2.24, 2.45) is 11.8 Å². The lowest BCUT2D eigenvalue weighted by Crippen LogP contribution is -2.37. The summed E-state index contributed by atoms with van der Waals surface area (Å²) in [6.07, 6.45) is 0.862. The minimum atomic E-state index is -3.80. The van der Waals surface area contributed by atoms with Crippen LogP contribution in [0.4, 0.5) is 30.7 Å². The fraction of sp³-hybridized carbons (Fsp3) is 0.486. The van der Waals surface area contributed by atoms with Gasteiger partial charge in [-0.05, 0) is 60.8 Å². The Morgan fingerprint density at radius 1 is 0.804 bits per heavy atom. The van der Waals surface area contributed by atoms with E-state index in [0.717, 1.165) is 17.5 Å². The largest absolute Gasteiger partial charge is 0.432 e. The lowest BCUT2D eigenvalue weighted by Gasteiger charge is -2.33. The molecule has 1 aliphatic carbocycles. The summed E-state index contributed by atoms with van der Waals surface area (Å²) in [5.41, 5.74) is 2.80. The Balaban J connectivity index is 1.15. The molecule has 0 N–H and O–H groups in total. The maximum Gasteiger partial charge on any atom is 0.400 e. The van der Waals surface area contributed by atoms with E-state index in [1.165, 1.54) is 25.3 Å². The summed E-state index contributed by atoms with van der Waals surface area (Å²) in [6, 6.07) is 13.2. The van der Waals surface area contributed by atoms with Gasteiger partial charge in [-0.1, -0.05) is 62.6 Å². The molecule has 1 heterocycles. The molecule has 11 heteroatoms. The van der Waals surface area contributed by atoms with Crippen molar-refractivity contribution in [3.8, 4) is 22.6 Å². The molecule has 1 saturated carbocycles. The SMILES string of the molecule is CCCCCC1COC(c2ccc(-c3ccc(C4CCC(C(F)(F)Oc5cc(F)c(OC(F)F)c(F)c5)CC4)c(F)c3)cc2)OC1. The van der Waals surface area contributed by atoms with Crippen molar-refractivity contribution in [3.63, 3.8) is 0 Å². The van der Waals surface area contributed by atoms with Gasteiger partial charge >= 0.3 is 12.7 Å². The number of ether oxygens (including phenoxy) is 4. The molecule has 250 valence electrons. The van der Waals surface area contributed by atoms with Gasteiger partial charge in [-0.15, -0.1) is 0 Å². The van der Waals surface area contributed by atoms with E-state index in [4.69, 9.17) is 9.47 Å². The summed E-state index contributed by atoms with van der Waals surface area (Å²) in [6.45, 7) is -0.00364. The molecule has 0 atom stereocenters. The Bertz CT molecular complexity index is 1410. The van der Waals surface area contributed by atoms with E-state index in [9.17, 15) is 26.3 Å². The molecule has 5 rings (SSSR count). The molecule has 2 fully saturated rings. The maximum atomic E-state index is 15.3. The van der Waals surface area contributed by atoms with Crippen LogP contribution in [0.2, 0.25) is 0 Å². The molecule has 1 saturated heterocycles. The third kappa shape index (κ3) is 8.34. The average molecular weight is 655 g/mol. The van der Waals surface area contributed by atoms with Crippen molar-refractivity contribution in [3.05, 3.63) is 83.2 Å². The predicted octanol–water partition coefficient (Wildman–Crippen LogP) is 10.6. The van der Waals surface area contributed by atoms with Crippen LogP contribution in [0.1, 0.15) is 81.6 Å². The van der Waals surface area contributed by atoms with Crippen molar-refractivity contribution < 1.29 is 49.7 Å². The molecule has 0 unspecified atom stereocenters. The third-order valence-corrected chi connectivity index (χ3v) is 8.77. The zero-order chi connectivity index (χ0) is 32.8. The van der Waals surface area contributed by atoms with Crippen LogP contribution in [0, 0.1) is 29.3 Å². The number of rotatable bonds is 12. The Hall–Kier alpha value is -3.31. The first kappa shape index (κ1) is 34.0. The van der Waals surface area contributed by atoms with Gasteiger partial charge in [0.15, 0.2) is 23.7 Å². The summed E-state index contributed by atoms with van der Waals surface area (Å²) >= 11 is 0. The van der Waals surface area contributed by atoms with Crippen LogP contribution in [0.3, 0.4) is 0 Å². The highest BCUT2D eigenvalue weighted by molar-refractivity contribution is 5.64. The first-order valence-electron chi connectivity index (χ1n) is 15.7. The zero-order valence-corrected chi connectivity index (χ0v) is 25.4. The van der Waals surface area contributed by atoms with Crippen molar-refractivity contribution >= 4 is 0 Å². The van der Waals surface area contributed by atoms with Gasteiger partial charge in [0.25, 0.3) is 0 Å². The smallest absolute Gasteiger partial charge is 0.400 e. The first-order valence-corrected chi connectivity index (χ1v) is 15.7. The number of halogens is 7. The predicted molar refractivity (Wildman–Crippen MR) is 157 cm³/mol. The second kappa shape index (κ2) is 15.1. The van der Waals surface area contributed by atoms with E-state index < -0.39 is 53.9 Å². The van der Waals surface area contributed by atoms with E-state index in [-0.39, 0.29) is 31.6 Å². The van der Waals surface area contributed by atoms with E-state index in [1.54, 1.807) is 12.1 Å². The topological polar surface area (TPSA) is 36.9 Å². The van der Waals surface area contributed by atoms with E-state index >= 15 is 4.39 Å². The van der Waals surface area contributed by atoms with E-state index in [2.05, 4.69) is 16.4 Å². The van der Waals surface area contributed by atoms with Gasteiger partial charge in [-0.2, -0.15) is 17.6 Å². The second-order valence-electron chi connectivity index (χ2n) is 12.0. The quantitative estimate of drug-likeness (QED) is 0.144. The molecular weight excluding hydrogens is 617 g/mol. The van der Waals surface area contributed by atoms with Crippen molar-refractivity contribution in [2.45, 2.75) is 83.2 Å². The van der Waals surface area contributed by atoms with E-state index in [1.807, 2.05) is 24.3 Å². The molecule has 0 radical (unpaired) electrons. The van der Waals surface area contributed by atoms with Gasteiger partial charge in [0, 0.05) is 23.6 Å². The normalized spacial score (nSPS) is 22.2. The van der Waals surface area contributed by atoms with Crippen LogP contribution >= 0.6 is 0 Å². The monoisotopic (exact) mass is 654 g/mol. The number of alkyl halides is 4. The number of hydrogen-bond donors (Lipinski definition) is 0. The van der Waals surface area contributed by atoms with Crippen molar-refractivity contribution in [1.29, 1.82) is 0 Å². The molecule has 1 aliphatic heterocycles. The molecule has 46 heavy (non-hydrogen) atoms. The summed E-state index contributed by atoms with van der Waals surface area (Å²) < 4.78 is 118. The summed E-state index contributed by atoms with van der Waals surface area (Å²) in [5.74, 6) is -7.05. The van der Waals surface area contributed by atoms with Gasteiger partial charge in [0.1, 0.15) is 11.6 Å². The summed E-state index contributed by atoms with van der Waals surface area (Å²) in [4.78, 5) is 0. The molecule has 0 amide bonds. The molecule has 3 aromatic rings. The maximum absolute atomic E-state index is 15.3. The van der Waals surface area contributed by atoms with E-state index in [0.29, 0.717) is 42.4 Å². The number of benzene rings is 3. The fourth-order valence-corrected chi connectivity index (χ4v) is 6.23. The van der Waals surface area contributed by atoms with Gasteiger partial charge in [-0.3, -0.25) is 0 Å². The molecule has 0 aromatic heterocycles. The number of unbranched alkanes of at least 4 members (excludes halogenated alkanes) is 2. The average Bonchev–Trinajstić information content (AvgIpc) is 3.03. The molecule has 3 aromatic carbocycles. The van der Waals surface area contributed by atoms with Crippen LogP contribution in [0.5, 0.6) is 11.5 Å². The molecule has 2 aliphatic rings. The van der Waals surface area contributed by atoms with Crippen molar-refractivity contribution in [2.75, 3.05) is 13.2 Å². The van der Waals surface area contributed by atoms with Gasteiger partial charge in [-0.25, -0.2) is 13.2 Å². The Morgan fingerprint density at radius 2 is 1.43 bits per heavy atom. The highest BCUT2D eigenvalue weighted by Crippen LogP contribution is 2.44. The highest BCUT2D eigenvalue weighted by Gasteiger charge is 2.44. The number of hydrogen-bond acceptors (Lipinski definition) is 4. The molecule has 0 bridgehead atoms. The van der Waals surface area contributed by atoms with Crippen LogP contribution in [-0.4, -0.2) is 25.9 Å². The molecule has 0 spiro atoms. The molecular formula is C35H37F7O4. The summed E-state index contributed by atoms with van der Waals surface area (Å²) in [7, 11) is 0. The third-order valence-electron chi connectivity index (χ3n) is 8.77. The van der Waals surface area contributed by atoms with Crippen LogP contribution in [-0.2, 0) is 9.47 Å². The lowest BCUT2D eigenvalue weighted by molar-refractivity contribution is -0.222. The lowest BCUT2D eigenvalue weighted by atomic mass is 9.77. The van der Waals surface area contributed by atoms with Crippen LogP contribution in [0.25, 0.3) is 11.1 Å². The standard InChI is InChI=1S/C35H37F7O4/c1-2-3-4-5-21-19-43-33(44-20-21)24-8-6-22(7-9-24)25-12-15-28(29(36)16-25)23-10-13-26(14-11-23)35(41,42)46-27-17-30(37)32(31(38)18-27)45-34(39)40/h6-9,12,15-18,21,23,26,33-34H,2-5,10-11,13-14,19-20H2,1H3. The Morgan fingerprint density at radius 3 is 2.02 bits per heavy atom. The van der Waals surface area contributed by atoms with Gasteiger partial charge < -0.3 is 18.9 Å². The van der Waals surface area contributed by atoms with Crippen molar-refractivity contribution in [1.82, 2.24) is 0 Å². The van der Waals surface area contributed by atoms with Crippen LogP contribution in [0.15, 0.2) is 54.6 Å². The van der Waals surface area contributed by atoms with Crippen LogP contribution < -0.4 is 9.47 Å². The fourth-order valence-electron chi connectivity index (χ4n) is 6.23. The Labute approximate surface area is 263 Å². The van der Waals surface area contributed by atoms with Gasteiger partial charge in [0.05, 0.1) is 19.1 Å². The minimum Gasteiger partial charge on any atom is -0.432 e. The minimum absolute atomic E-state index is 0.0251.